The maximum Gasteiger partial charge on any atom is 0.0543 e. The summed E-state index contributed by atoms with van der Waals surface area (Å²) < 4.78 is 0. The highest BCUT2D eigenvalue weighted by atomic mass is 15.1. The van der Waals surface area contributed by atoms with Gasteiger partial charge in [-0.15, -0.1) is 0 Å². The van der Waals surface area contributed by atoms with Gasteiger partial charge in [-0.2, -0.15) is 0 Å². The van der Waals surface area contributed by atoms with Crippen LogP contribution in [0.4, 0.5) is 17.1 Å². The molecule has 0 N–H and O–H groups in total. The summed E-state index contributed by atoms with van der Waals surface area (Å²) >= 11 is 0. The van der Waals surface area contributed by atoms with Gasteiger partial charge < -0.3 is 4.90 Å². The van der Waals surface area contributed by atoms with Gasteiger partial charge in [0.1, 0.15) is 0 Å². The van der Waals surface area contributed by atoms with Crippen molar-refractivity contribution in [3.05, 3.63) is 223 Å². The predicted octanol–water partition coefficient (Wildman–Crippen LogP) is 15.3. The first-order valence-corrected chi connectivity index (χ1v) is 19.5. The molecule has 1 aliphatic rings. The number of hydrogen-bond donors (Lipinski definition) is 0. The SMILES string of the molecule is CC1(C)c2ccccc2-c2c(N(c3ccc(-c4ccc(-c5ccccc5)cc4)cc3)c3cccc(-c4ccc(-c5cccc6ccccc56)cc4)c3)cccc21. The van der Waals surface area contributed by atoms with Crippen LogP contribution in [-0.2, 0) is 5.41 Å². The fourth-order valence-corrected chi connectivity index (χ4v) is 8.78. The molecule has 0 saturated heterocycles. The Kier molecular flexibility index (Phi) is 8.23. The number of fused-ring (bicyclic) bond motifs is 4. The van der Waals surface area contributed by atoms with Crippen molar-refractivity contribution in [1.29, 1.82) is 0 Å². The fraction of sp³-hybridized carbons (Fsp3) is 0.0545. The average molecular weight is 716 g/mol. The Balaban J connectivity index is 1.06. The van der Waals surface area contributed by atoms with E-state index >= 15 is 0 Å². The first-order chi connectivity index (χ1) is 27.5. The van der Waals surface area contributed by atoms with E-state index in [1.165, 1.54) is 83.2 Å². The molecule has 0 aromatic heterocycles. The van der Waals surface area contributed by atoms with Crippen LogP contribution in [0.5, 0.6) is 0 Å². The average Bonchev–Trinajstić information content (AvgIpc) is 3.50. The summed E-state index contributed by atoms with van der Waals surface area (Å²) in [5, 5.41) is 2.53. The quantitative estimate of drug-likeness (QED) is 0.159. The van der Waals surface area contributed by atoms with Crippen molar-refractivity contribution in [3.63, 3.8) is 0 Å². The van der Waals surface area contributed by atoms with Crippen LogP contribution in [0.3, 0.4) is 0 Å². The number of anilines is 3. The molecular formula is C55H41N. The maximum absolute atomic E-state index is 2.45. The zero-order valence-electron chi connectivity index (χ0n) is 31.7. The molecule has 9 aromatic carbocycles. The van der Waals surface area contributed by atoms with Crippen molar-refractivity contribution < 1.29 is 0 Å². The van der Waals surface area contributed by atoms with Gasteiger partial charge in [0.15, 0.2) is 0 Å². The van der Waals surface area contributed by atoms with Crippen LogP contribution in [0, 0.1) is 0 Å². The molecule has 0 amide bonds. The third-order valence-electron chi connectivity index (χ3n) is 11.7. The highest BCUT2D eigenvalue weighted by Crippen LogP contribution is 2.54. The van der Waals surface area contributed by atoms with Gasteiger partial charge in [0.2, 0.25) is 0 Å². The van der Waals surface area contributed by atoms with Crippen molar-refractivity contribution in [3.8, 4) is 55.6 Å². The fourth-order valence-electron chi connectivity index (χ4n) is 8.78. The molecule has 0 spiro atoms. The summed E-state index contributed by atoms with van der Waals surface area (Å²) in [7, 11) is 0. The summed E-state index contributed by atoms with van der Waals surface area (Å²) in [4.78, 5) is 2.45. The Bertz CT molecular complexity index is 2840. The highest BCUT2D eigenvalue weighted by molar-refractivity contribution is 5.98. The van der Waals surface area contributed by atoms with Crippen molar-refractivity contribution >= 4 is 27.8 Å². The summed E-state index contributed by atoms with van der Waals surface area (Å²) in [6.45, 7) is 4.71. The smallest absolute Gasteiger partial charge is 0.0543 e. The van der Waals surface area contributed by atoms with Crippen molar-refractivity contribution in [2.75, 3.05) is 4.90 Å². The van der Waals surface area contributed by atoms with Crippen LogP contribution in [0.25, 0.3) is 66.4 Å². The topological polar surface area (TPSA) is 3.24 Å². The molecule has 0 saturated carbocycles. The van der Waals surface area contributed by atoms with Gasteiger partial charge >= 0.3 is 0 Å². The molecule has 0 heterocycles. The molecule has 266 valence electrons. The molecule has 0 fully saturated rings. The summed E-state index contributed by atoms with van der Waals surface area (Å²) in [6, 6.07) is 77.5. The van der Waals surface area contributed by atoms with Crippen LogP contribution in [0.2, 0.25) is 0 Å². The van der Waals surface area contributed by atoms with E-state index in [9.17, 15) is 0 Å². The number of rotatable bonds is 7. The monoisotopic (exact) mass is 715 g/mol. The van der Waals surface area contributed by atoms with Crippen molar-refractivity contribution in [2.24, 2.45) is 0 Å². The van der Waals surface area contributed by atoms with Gasteiger partial charge in [0, 0.05) is 22.4 Å². The van der Waals surface area contributed by atoms with Crippen LogP contribution in [0.15, 0.2) is 212 Å². The first-order valence-electron chi connectivity index (χ1n) is 19.5. The minimum absolute atomic E-state index is 0.100. The summed E-state index contributed by atoms with van der Waals surface area (Å²) in [5.41, 5.74) is 18.4. The molecular weight excluding hydrogens is 675 g/mol. The first kappa shape index (κ1) is 33.6. The van der Waals surface area contributed by atoms with E-state index in [0.29, 0.717) is 0 Å². The van der Waals surface area contributed by atoms with E-state index in [2.05, 4.69) is 231 Å². The van der Waals surface area contributed by atoms with E-state index in [0.717, 1.165) is 11.4 Å². The maximum atomic E-state index is 2.45. The van der Waals surface area contributed by atoms with Gasteiger partial charge in [-0.05, 0) is 102 Å². The Morgan fingerprint density at radius 2 is 0.839 bits per heavy atom. The van der Waals surface area contributed by atoms with Gasteiger partial charge in [-0.3, -0.25) is 0 Å². The third-order valence-corrected chi connectivity index (χ3v) is 11.7. The second-order valence-electron chi connectivity index (χ2n) is 15.4. The van der Waals surface area contributed by atoms with E-state index in [-0.39, 0.29) is 5.41 Å². The Labute approximate surface area is 329 Å². The lowest BCUT2D eigenvalue weighted by Crippen LogP contribution is -2.16. The normalized spacial score (nSPS) is 12.6. The number of hydrogen-bond acceptors (Lipinski definition) is 1. The Morgan fingerprint density at radius 1 is 0.339 bits per heavy atom. The van der Waals surface area contributed by atoms with Crippen LogP contribution < -0.4 is 4.90 Å². The molecule has 56 heavy (non-hydrogen) atoms. The minimum Gasteiger partial charge on any atom is -0.310 e. The van der Waals surface area contributed by atoms with Crippen LogP contribution in [0.1, 0.15) is 25.0 Å². The van der Waals surface area contributed by atoms with Gasteiger partial charge in [-0.1, -0.05) is 196 Å². The second kappa shape index (κ2) is 13.7. The Morgan fingerprint density at radius 3 is 1.59 bits per heavy atom. The predicted molar refractivity (Wildman–Crippen MR) is 238 cm³/mol. The van der Waals surface area contributed by atoms with Crippen molar-refractivity contribution in [2.45, 2.75) is 19.3 Å². The van der Waals surface area contributed by atoms with Crippen LogP contribution in [-0.4, -0.2) is 0 Å². The zero-order valence-corrected chi connectivity index (χ0v) is 31.7. The summed E-state index contributed by atoms with van der Waals surface area (Å²) in [6.07, 6.45) is 0. The standard InChI is InChI=1S/C55H41N/c1-55(2)51-22-9-8-20-50(51)54-52(55)23-12-24-53(54)56(46-35-33-41(34-36-46)40-27-25-39(26-28-40)38-13-4-3-5-14-38)47-18-10-17-45(37-47)42-29-31-44(32-30-42)49-21-11-16-43-15-6-7-19-48(43)49/h3-37H,1-2H3. The third kappa shape index (κ3) is 5.81. The zero-order chi connectivity index (χ0) is 37.6. The van der Waals surface area contributed by atoms with Gasteiger partial charge in [-0.25, -0.2) is 0 Å². The molecule has 9 aromatic rings. The van der Waals surface area contributed by atoms with Gasteiger partial charge in [0.25, 0.3) is 0 Å². The Hall–Kier alpha value is -6.96. The lowest BCUT2D eigenvalue weighted by molar-refractivity contribution is 0.660. The molecule has 0 aliphatic heterocycles. The van der Waals surface area contributed by atoms with E-state index in [4.69, 9.17) is 0 Å². The highest BCUT2D eigenvalue weighted by Gasteiger charge is 2.37. The largest absolute Gasteiger partial charge is 0.310 e. The molecule has 0 bridgehead atoms. The molecule has 10 rings (SSSR count). The summed E-state index contributed by atoms with van der Waals surface area (Å²) in [5.74, 6) is 0. The lowest BCUT2D eigenvalue weighted by atomic mass is 9.82. The molecule has 1 aliphatic carbocycles. The lowest BCUT2D eigenvalue weighted by Gasteiger charge is -2.29. The van der Waals surface area contributed by atoms with Gasteiger partial charge in [0.05, 0.1) is 5.69 Å². The second-order valence-corrected chi connectivity index (χ2v) is 15.4. The van der Waals surface area contributed by atoms with E-state index in [1.54, 1.807) is 0 Å². The molecule has 0 atom stereocenters. The molecule has 0 unspecified atom stereocenters. The van der Waals surface area contributed by atoms with Crippen molar-refractivity contribution in [1.82, 2.24) is 0 Å². The molecule has 1 heteroatoms. The van der Waals surface area contributed by atoms with E-state index < -0.39 is 0 Å². The minimum atomic E-state index is -0.100. The number of nitrogens with zero attached hydrogens (tertiary/aromatic N) is 1. The van der Waals surface area contributed by atoms with E-state index in [1.807, 2.05) is 0 Å². The molecule has 0 radical (unpaired) electrons. The number of benzene rings is 9. The van der Waals surface area contributed by atoms with Crippen LogP contribution >= 0.6 is 0 Å². The molecule has 1 nitrogen and oxygen atoms in total.